The highest BCUT2D eigenvalue weighted by Gasteiger charge is 2.65. The molecule has 3 unspecified atom stereocenters. The van der Waals surface area contributed by atoms with Gasteiger partial charge in [0.1, 0.15) is 42.7 Å². The number of aliphatic carboxylic acids is 1. The van der Waals surface area contributed by atoms with E-state index in [0.29, 0.717) is 53.6 Å². The molecule has 4 bridgehead atoms. The number of anilines is 1. The van der Waals surface area contributed by atoms with Gasteiger partial charge >= 0.3 is 18.0 Å². The normalized spacial score (nSPS) is 24.9. The molecule has 7 rings (SSSR count). The van der Waals surface area contributed by atoms with Gasteiger partial charge < -0.3 is 53.7 Å². The fraction of sp³-hybridized carbons (Fsp3) is 0.640. The van der Waals surface area contributed by atoms with E-state index in [1.807, 2.05) is 95.0 Å². The predicted molar refractivity (Wildman–Crippen MR) is 461 cm³/mol. The molecule has 0 spiro atoms. The van der Waals surface area contributed by atoms with Crippen LogP contribution >= 0.6 is 35.1 Å². The molecule has 16 atom stereocenters. The Hall–Kier alpha value is -7.65. The maximum absolute atomic E-state index is 15.0. The van der Waals surface area contributed by atoms with Crippen LogP contribution in [-0.4, -0.2) is 268 Å². The summed E-state index contributed by atoms with van der Waals surface area (Å²) in [4.78, 5) is 178. The first-order valence-corrected chi connectivity index (χ1v) is 44.2. The summed E-state index contributed by atoms with van der Waals surface area (Å²) in [6.45, 7) is 20.8. The van der Waals surface area contributed by atoms with Crippen molar-refractivity contribution in [2.24, 2.45) is 41.4 Å². The number of epoxide rings is 1. The lowest BCUT2D eigenvalue weighted by molar-refractivity contribution is -0.161. The minimum absolute atomic E-state index is 0.0926. The van der Waals surface area contributed by atoms with Gasteiger partial charge in [-0.15, -0.1) is 23.5 Å². The number of aliphatic hydroxyl groups is 2. The van der Waals surface area contributed by atoms with Crippen LogP contribution in [-0.2, 0) is 89.3 Å². The molecule has 28 nitrogen and oxygen atoms in total. The average molecular weight is 1730 g/mol. The number of nitrogens with one attached hydrogen (secondary N) is 1. The molecule has 0 radical (unpaired) electrons. The number of aliphatic hydroxyl groups excluding tert-OH is 1. The highest BCUT2D eigenvalue weighted by atomic mass is 35.5. The number of nitrogens with zero attached hydrogens (tertiary/aromatic N) is 7. The number of carboxylic acids is 1. The van der Waals surface area contributed by atoms with Gasteiger partial charge in [0.15, 0.2) is 23.1 Å². The van der Waals surface area contributed by atoms with E-state index in [1.165, 1.54) is 54.8 Å². The fourth-order valence-corrected chi connectivity index (χ4v) is 18.2. The van der Waals surface area contributed by atoms with Crippen LogP contribution < -0.4 is 10.2 Å². The summed E-state index contributed by atoms with van der Waals surface area (Å²) in [6.07, 6.45) is 3.93. The highest BCUT2D eigenvalue weighted by Crippen LogP contribution is 2.50. The number of thioether (sulfide) groups is 2. The summed E-state index contributed by atoms with van der Waals surface area (Å²) in [5, 5.41) is 41.0. The Labute approximate surface area is 721 Å². The molecule has 0 aromatic heterocycles. The molecule has 6 amide bonds. The maximum atomic E-state index is 15.0. The number of fused-ring (bicyclic) bond motifs is 5. The van der Waals surface area contributed by atoms with Gasteiger partial charge in [0.05, 0.1) is 72.0 Å². The number of aryl methyl sites for hydroxylation is 1. The van der Waals surface area contributed by atoms with E-state index in [4.69, 9.17) is 35.3 Å². The summed E-state index contributed by atoms with van der Waals surface area (Å²) >= 11 is 9.50. The molecule has 0 aliphatic carbocycles. The molecule has 2 aromatic carbocycles. The fourth-order valence-electron chi connectivity index (χ4n) is 16.6. The van der Waals surface area contributed by atoms with Crippen LogP contribution in [0.25, 0.3) is 0 Å². The Morgan fingerprint density at radius 3 is 2.07 bits per heavy atom. The van der Waals surface area contributed by atoms with Crippen molar-refractivity contribution in [3.8, 4) is 0 Å². The number of methoxy groups -OCH3 is 2. The van der Waals surface area contributed by atoms with Crippen molar-refractivity contribution in [2.45, 2.75) is 238 Å². The smallest absolute Gasteiger partial charge is 0.409 e. The Bertz CT molecular complexity index is 4090. The van der Waals surface area contributed by atoms with Crippen LogP contribution in [0.1, 0.15) is 170 Å². The number of hydrazine groups is 1. The molecule has 3 fully saturated rings. The first kappa shape index (κ1) is 99.5. The third kappa shape index (κ3) is 26.0. The van der Waals surface area contributed by atoms with Crippen LogP contribution in [0.2, 0.25) is 5.02 Å². The number of hydrogen-bond acceptors (Lipinski definition) is 23. The van der Waals surface area contributed by atoms with E-state index in [2.05, 4.69) is 5.32 Å². The number of halogens is 1. The number of hydrogen-bond donors (Lipinski definition) is 4. The first-order chi connectivity index (χ1) is 56.6. The predicted octanol–water partition coefficient (Wildman–Crippen LogP) is 10.4. The third-order valence-corrected chi connectivity index (χ3v) is 27.3. The molecule has 0 saturated carbocycles. The van der Waals surface area contributed by atoms with E-state index >= 15 is 4.79 Å². The second-order valence-corrected chi connectivity index (χ2v) is 36.7. The van der Waals surface area contributed by atoms with Crippen LogP contribution in [0.15, 0.2) is 89.2 Å². The summed E-state index contributed by atoms with van der Waals surface area (Å²) in [5.74, 6) is -10.2. The molecule has 5 heterocycles. The molecule has 664 valence electrons. The van der Waals surface area contributed by atoms with Crippen LogP contribution in [0.5, 0.6) is 0 Å². The third-order valence-electron chi connectivity index (χ3n) is 25.1. The van der Waals surface area contributed by atoms with Gasteiger partial charge in [-0.3, -0.25) is 67.9 Å². The van der Waals surface area contributed by atoms with E-state index in [9.17, 15) is 68.1 Å². The number of rotatable bonds is 38. The Morgan fingerprint density at radius 1 is 0.858 bits per heavy atom. The van der Waals surface area contributed by atoms with Crippen molar-refractivity contribution in [1.82, 2.24) is 34.9 Å². The van der Waals surface area contributed by atoms with Crippen molar-refractivity contribution in [2.75, 3.05) is 91.7 Å². The van der Waals surface area contributed by atoms with Gasteiger partial charge in [0.2, 0.25) is 17.7 Å². The van der Waals surface area contributed by atoms with Crippen LogP contribution in [0.3, 0.4) is 0 Å². The minimum atomic E-state index is -1.93. The maximum Gasteiger partial charge on any atom is 0.409 e. The number of Topliss-reactive ketones (excluding diaryl/α,β-unsaturated/α-hetero) is 4. The summed E-state index contributed by atoms with van der Waals surface area (Å²) in [7, 11) is 9.66. The summed E-state index contributed by atoms with van der Waals surface area (Å²) in [5.41, 5.74) is -0.727. The van der Waals surface area contributed by atoms with E-state index < -0.39 is 162 Å². The number of likely N-dealkylation sites (N-methyl/N-ethyl adjacent to an activating group) is 3. The number of ketones is 4. The number of ether oxygens (including phenoxy) is 5. The molecule has 4 N–H and O–H groups in total. The quantitative estimate of drug-likeness (QED) is 0.0358. The van der Waals surface area contributed by atoms with Crippen LogP contribution in [0, 0.1) is 48.3 Å². The lowest BCUT2D eigenvalue weighted by Crippen LogP contribution is -2.62. The Balaban J connectivity index is 0.961. The summed E-state index contributed by atoms with van der Waals surface area (Å²) < 4.78 is 30.6. The number of allylic oxidation sites excluding steroid dienone is 3. The number of alkyl carbamates (subject to hydrolysis) is 1. The number of esters is 1. The second-order valence-electron chi connectivity index (χ2n) is 34.2. The molecule has 120 heavy (non-hydrogen) atoms. The van der Waals surface area contributed by atoms with Crippen molar-refractivity contribution >= 4 is 112 Å². The Kier molecular flexibility index (Phi) is 37.4. The van der Waals surface area contributed by atoms with Gasteiger partial charge in [-0.05, 0) is 153 Å². The lowest BCUT2D eigenvalue weighted by atomic mass is 9.81. The van der Waals surface area contributed by atoms with E-state index in [-0.39, 0.29) is 113 Å². The van der Waals surface area contributed by atoms with E-state index in [0.717, 1.165) is 26.7 Å². The molecule has 5 aliphatic heterocycles. The van der Waals surface area contributed by atoms with Crippen molar-refractivity contribution < 1.29 is 96.5 Å². The topological polar surface area (TPSA) is 350 Å². The standard InChI is InChI=1S/C89H129ClN8O20S2/c1-19-56(5)80(71(114-17)47-78(107)96-38-26-33-68(96)81(115-18)58(7)70(102)45-63(84(109)110)43-61-28-21-20-22-29-61)95(16)83(108)67(54(2)3)46-73(103)87(10,11)93(14)37-25-32-66(101)51-98-76(105)35-40-120-53-119-39-34-75(104)97(98)50-65(100)31-24-36-92(13)60(9)85(111)117-74-48-77(106)94(15)69-44-62(42-57(6)79(69)90)41-55(4)27-23-30-64(52-99)89(113)49-72(116-86(112)91-89)59(8)82-88(74,12)118-82/h20-23,27-30,34-35,39-40,42,44,54,56,58-60,63-64,67-68,71-72,74,80-82,99,113H,19,24-26,31-33,36-38,41,43,45-53H2,1-18H3,(H,91,112)(H,109,110)/b30-23+,39-34?,40-35?,55-27+/t56?,58-,59+,60-,63+,64-,67-,68-,71?,72?,74-,80-,81+,82+,88+,89-/m0/s1. The number of benzene rings is 2. The molecular formula is C89H129ClN8O20S2. The zero-order chi connectivity index (χ0) is 89.0. The molecule has 31 heteroatoms. The highest BCUT2D eigenvalue weighted by molar-refractivity contribution is 8.18. The summed E-state index contributed by atoms with van der Waals surface area (Å²) in [6, 6.07) is 10.8. The Morgan fingerprint density at radius 2 is 1.48 bits per heavy atom. The second kappa shape index (κ2) is 45.1. The van der Waals surface area contributed by atoms with Gasteiger partial charge in [-0.25, -0.2) is 14.8 Å². The van der Waals surface area contributed by atoms with Crippen molar-refractivity contribution in [3.63, 3.8) is 0 Å². The van der Waals surface area contributed by atoms with Crippen molar-refractivity contribution in [3.05, 3.63) is 111 Å². The zero-order valence-electron chi connectivity index (χ0n) is 73.2. The average Bonchev–Trinajstić information content (AvgIpc) is 1.57. The molecule has 5 aliphatic rings. The number of likely N-dealkylation sites (tertiary alicyclic amines) is 1. The minimum Gasteiger partial charge on any atom is -0.481 e. The number of carbonyl (C=O) groups excluding carboxylic acids is 11. The van der Waals surface area contributed by atoms with Crippen LogP contribution in [0.4, 0.5) is 10.5 Å². The number of carbonyl (C=O) groups is 12. The van der Waals surface area contributed by atoms with Gasteiger partial charge in [-0.1, -0.05) is 120 Å². The zero-order valence-corrected chi connectivity index (χ0v) is 75.6. The molecule has 2 aromatic rings. The molecule has 3 saturated heterocycles. The number of amides is 6. The number of carboxylic acid groups (broad SMARTS) is 1. The lowest BCUT2D eigenvalue weighted by Gasteiger charge is -2.42. The largest absolute Gasteiger partial charge is 0.481 e. The van der Waals surface area contributed by atoms with Gasteiger partial charge in [-0.2, -0.15) is 0 Å². The monoisotopic (exact) mass is 1730 g/mol. The SMILES string of the molecule is CCC(C)[C@@H](C(CC(=O)N1CCC[C@H]1[C@H](OC)[C@@H](C)C(=O)C[C@@H](Cc1ccccc1)C(=O)O)OC)N(C)C(=O)[C@@H](CC(=O)C(C)(C)N(C)CCCC(=O)CN1C(=O)C=CSCSC=CC(=O)N1CC(=O)CCCN(C)[C@@H](C)C(=O)O[C@H]1CC(=O)N(C)c2cc(cc(C)c2Cl)C/C(C)=C/C=C/[C@@H](CO)[C@@]2(O)CC(OC(=O)N2)[C@@H](C)[C@H]2O[C@]12C)C(C)C. The van der Waals surface area contributed by atoms with Gasteiger partial charge in [0.25, 0.3) is 11.8 Å². The first-order valence-electron chi connectivity index (χ1n) is 41.8. The van der Waals surface area contributed by atoms with Gasteiger partial charge in [0, 0.05) is 108 Å². The van der Waals surface area contributed by atoms with E-state index in [1.54, 1.807) is 107 Å². The molecular weight excluding hydrogens is 1600 g/mol. The van der Waals surface area contributed by atoms with Crippen molar-refractivity contribution in [1.29, 1.82) is 0 Å².